The summed E-state index contributed by atoms with van der Waals surface area (Å²) in [6, 6.07) is 2.75. The van der Waals surface area contributed by atoms with Crippen LogP contribution in [-0.4, -0.2) is 34.1 Å². The monoisotopic (exact) mass is 338 g/mol. The van der Waals surface area contributed by atoms with Crippen molar-refractivity contribution < 1.29 is 13.6 Å². The minimum atomic E-state index is -0.776. The number of hydrogen-bond acceptors (Lipinski definition) is 5. The van der Waals surface area contributed by atoms with Crippen molar-refractivity contribution in [2.75, 3.05) is 18.4 Å². The Kier molecular flexibility index (Phi) is 4.92. The first-order valence-electron chi connectivity index (χ1n) is 7.43. The number of likely N-dealkylation sites (tertiary alicyclic amines) is 1. The molecule has 1 aliphatic heterocycles. The van der Waals surface area contributed by atoms with E-state index in [2.05, 4.69) is 20.4 Å². The van der Waals surface area contributed by atoms with Crippen LogP contribution in [0.15, 0.2) is 18.2 Å². The topological polar surface area (TPSA) is 58.1 Å². The minimum absolute atomic E-state index is 0.283. The second-order valence-electron chi connectivity index (χ2n) is 5.42. The molecule has 1 aromatic heterocycles. The standard InChI is InChI=1S/C15H16F2N4OS/c16-10-4-5-12(17)11(8-10)14(22)18-15-20-19-13(23-15)9-21-6-2-1-3-7-21/h4-5,8H,1-3,6-7,9H2,(H,18,20,22). The van der Waals surface area contributed by atoms with E-state index in [0.29, 0.717) is 6.54 Å². The average Bonchev–Trinajstić information content (AvgIpc) is 2.97. The summed E-state index contributed by atoms with van der Waals surface area (Å²) in [7, 11) is 0. The summed E-state index contributed by atoms with van der Waals surface area (Å²) in [6.07, 6.45) is 3.62. The number of carbonyl (C=O) groups excluding carboxylic acids is 1. The molecule has 1 aromatic carbocycles. The van der Waals surface area contributed by atoms with Gasteiger partial charge in [0.2, 0.25) is 5.13 Å². The fourth-order valence-corrected chi connectivity index (χ4v) is 3.29. The average molecular weight is 338 g/mol. The van der Waals surface area contributed by atoms with E-state index < -0.39 is 17.5 Å². The lowest BCUT2D eigenvalue weighted by Gasteiger charge is -2.24. The number of rotatable bonds is 4. The molecule has 3 rings (SSSR count). The van der Waals surface area contributed by atoms with Gasteiger partial charge in [0, 0.05) is 0 Å². The lowest BCUT2D eigenvalue weighted by Crippen LogP contribution is -2.28. The third-order valence-corrected chi connectivity index (χ3v) is 4.49. The zero-order chi connectivity index (χ0) is 16.2. The van der Waals surface area contributed by atoms with Crippen molar-refractivity contribution in [1.29, 1.82) is 0 Å². The lowest BCUT2D eigenvalue weighted by molar-refractivity contribution is 0.102. The van der Waals surface area contributed by atoms with Crippen molar-refractivity contribution >= 4 is 22.4 Å². The van der Waals surface area contributed by atoms with Crippen LogP contribution in [0.5, 0.6) is 0 Å². The molecular formula is C15H16F2N4OS. The number of carbonyl (C=O) groups is 1. The summed E-state index contributed by atoms with van der Waals surface area (Å²) in [5.41, 5.74) is -0.349. The van der Waals surface area contributed by atoms with Gasteiger partial charge in [0.15, 0.2) is 0 Å². The Balaban J connectivity index is 1.64. The van der Waals surface area contributed by atoms with Crippen LogP contribution in [0.3, 0.4) is 0 Å². The largest absolute Gasteiger partial charge is 0.297 e. The molecule has 5 nitrogen and oxygen atoms in total. The van der Waals surface area contributed by atoms with E-state index in [4.69, 9.17) is 0 Å². The molecule has 8 heteroatoms. The van der Waals surface area contributed by atoms with Crippen LogP contribution in [-0.2, 0) is 6.54 Å². The molecular weight excluding hydrogens is 322 g/mol. The zero-order valence-corrected chi connectivity index (χ0v) is 13.2. The molecule has 0 bridgehead atoms. The predicted octanol–water partition coefficient (Wildman–Crippen LogP) is 3.05. The number of benzene rings is 1. The molecule has 1 saturated heterocycles. The van der Waals surface area contributed by atoms with Crippen molar-refractivity contribution in [1.82, 2.24) is 15.1 Å². The number of hydrogen-bond donors (Lipinski definition) is 1. The third-order valence-electron chi connectivity index (χ3n) is 3.67. The quantitative estimate of drug-likeness (QED) is 0.931. The Morgan fingerprint density at radius 1 is 1.22 bits per heavy atom. The Morgan fingerprint density at radius 3 is 2.78 bits per heavy atom. The maximum atomic E-state index is 13.6. The number of anilines is 1. The number of aromatic nitrogens is 2. The van der Waals surface area contributed by atoms with Gasteiger partial charge in [-0.3, -0.25) is 15.0 Å². The van der Waals surface area contributed by atoms with Crippen molar-refractivity contribution in [3.05, 3.63) is 40.4 Å². The third kappa shape index (κ3) is 4.08. The smallest absolute Gasteiger partial charge is 0.260 e. The highest BCUT2D eigenvalue weighted by molar-refractivity contribution is 7.15. The molecule has 2 aromatic rings. The molecule has 1 fully saturated rings. The van der Waals surface area contributed by atoms with E-state index >= 15 is 0 Å². The van der Waals surface area contributed by atoms with Crippen LogP contribution in [0.4, 0.5) is 13.9 Å². The second-order valence-corrected chi connectivity index (χ2v) is 6.48. The molecule has 122 valence electrons. The van der Waals surface area contributed by atoms with Gasteiger partial charge in [0.25, 0.3) is 5.91 Å². The van der Waals surface area contributed by atoms with E-state index in [0.717, 1.165) is 36.3 Å². The molecule has 1 amide bonds. The van der Waals surface area contributed by atoms with E-state index in [1.165, 1.54) is 30.6 Å². The number of halogens is 2. The summed E-state index contributed by atoms with van der Waals surface area (Å²) in [5, 5.41) is 11.5. The number of amides is 1. The van der Waals surface area contributed by atoms with Crippen LogP contribution >= 0.6 is 11.3 Å². The van der Waals surface area contributed by atoms with E-state index in [1.54, 1.807) is 0 Å². The highest BCUT2D eigenvalue weighted by atomic mass is 32.1. The Morgan fingerprint density at radius 2 is 2.00 bits per heavy atom. The van der Waals surface area contributed by atoms with Crippen molar-refractivity contribution in [3.8, 4) is 0 Å². The van der Waals surface area contributed by atoms with Gasteiger partial charge in [-0.2, -0.15) is 0 Å². The van der Waals surface area contributed by atoms with E-state index in [1.807, 2.05) is 0 Å². The Labute approximate surface area is 136 Å². The molecule has 0 unspecified atom stereocenters. The fourth-order valence-electron chi connectivity index (χ4n) is 2.51. The highest BCUT2D eigenvalue weighted by Crippen LogP contribution is 2.20. The SMILES string of the molecule is O=C(Nc1nnc(CN2CCCCC2)s1)c1cc(F)ccc1F. The second kappa shape index (κ2) is 7.10. The number of piperidine rings is 1. The lowest BCUT2D eigenvalue weighted by atomic mass is 10.1. The van der Waals surface area contributed by atoms with Crippen LogP contribution in [0.2, 0.25) is 0 Å². The number of nitrogens with zero attached hydrogens (tertiary/aromatic N) is 3. The van der Waals surface area contributed by atoms with Gasteiger partial charge in [-0.05, 0) is 44.1 Å². The first-order valence-corrected chi connectivity index (χ1v) is 8.24. The Hall–Kier alpha value is -1.93. The van der Waals surface area contributed by atoms with Crippen LogP contribution in [0.1, 0.15) is 34.6 Å². The molecule has 23 heavy (non-hydrogen) atoms. The van der Waals surface area contributed by atoms with Crippen molar-refractivity contribution in [3.63, 3.8) is 0 Å². The van der Waals surface area contributed by atoms with Gasteiger partial charge in [-0.15, -0.1) is 10.2 Å². The van der Waals surface area contributed by atoms with Crippen molar-refractivity contribution in [2.24, 2.45) is 0 Å². The van der Waals surface area contributed by atoms with Gasteiger partial charge >= 0.3 is 0 Å². The van der Waals surface area contributed by atoms with E-state index in [9.17, 15) is 13.6 Å². The van der Waals surface area contributed by atoms with Gasteiger partial charge in [0.05, 0.1) is 12.1 Å². The van der Waals surface area contributed by atoms with Crippen LogP contribution in [0.25, 0.3) is 0 Å². The van der Waals surface area contributed by atoms with Gasteiger partial charge in [-0.25, -0.2) is 8.78 Å². The molecule has 0 atom stereocenters. The molecule has 0 spiro atoms. The summed E-state index contributed by atoms with van der Waals surface area (Å²) in [4.78, 5) is 14.3. The summed E-state index contributed by atoms with van der Waals surface area (Å²) >= 11 is 1.25. The van der Waals surface area contributed by atoms with Gasteiger partial charge in [0.1, 0.15) is 16.6 Å². The maximum Gasteiger partial charge on any atom is 0.260 e. The highest BCUT2D eigenvalue weighted by Gasteiger charge is 2.17. The normalized spacial score (nSPS) is 15.6. The first kappa shape index (κ1) is 15.9. The fraction of sp³-hybridized carbons (Fsp3) is 0.400. The summed E-state index contributed by atoms with van der Waals surface area (Å²) in [6.45, 7) is 2.77. The molecule has 0 saturated carbocycles. The number of nitrogens with one attached hydrogen (secondary N) is 1. The van der Waals surface area contributed by atoms with E-state index in [-0.39, 0.29) is 10.7 Å². The predicted molar refractivity (Wildman–Crippen MR) is 83.3 cm³/mol. The van der Waals surface area contributed by atoms with Gasteiger partial charge < -0.3 is 0 Å². The Bertz CT molecular complexity index is 701. The zero-order valence-electron chi connectivity index (χ0n) is 12.4. The van der Waals surface area contributed by atoms with Crippen molar-refractivity contribution in [2.45, 2.75) is 25.8 Å². The molecule has 2 heterocycles. The molecule has 0 radical (unpaired) electrons. The maximum absolute atomic E-state index is 13.6. The summed E-state index contributed by atoms with van der Waals surface area (Å²) in [5.74, 6) is -2.18. The molecule has 0 aliphatic carbocycles. The first-order chi connectivity index (χ1) is 11.1. The molecule has 1 N–H and O–H groups in total. The van der Waals surface area contributed by atoms with Gasteiger partial charge in [-0.1, -0.05) is 17.8 Å². The van der Waals surface area contributed by atoms with Crippen LogP contribution in [0, 0.1) is 11.6 Å². The minimum Gasteiger partial charge on any atom is -0.297 e. The van der Waals surface area contributed by atoms with Crippen LogP contribution < -0.4 is 5.32 Å². The molecule has 1 aliphatic rings. The summed E-state index contributed by atoms with van der Waals surface area (Å²) < 4.78 is 26.7.